The zero-order chi connectivity index (χ0) is 10.3. The summed E-state index contributed by atoms with van der Waals surface area (Å²) in [5, 5.41) is 0. The van der Waals surface area contributed by atoms with Crippen LogP contribution in [0, 0.1) is 0 Å². The van der Waals surface area contributed by atoms with Crippen LogP contribution in [-0.4, -0.2) is 22.9 Å². The number of hydrogen-bond donors (Lipinski definition) is 0. The van der Waals surface area contributed by atoms with Gasteiger partial charge in [-0.3, -0.25) is 0 Å². The minimum atomic E-state index is -2.80. The first-order valence-electron chi connectivity index (χ1n) is 4.24. The molecule has 0 N–H and O–H groups in total. The Balaban J connectivity index is 3.35. The molecule has 1 atom stereocenters. The molecule has 0 aliphatic carbocycles. The molecule has 0 amide bonds. The van der Waals surface area contributed by atoms with Gasteiger partial charge in [0.15, 0.2) is 0 Å². The van der Waals surface area contributed by atoms with Gasteiger partial charge in [-0.15, -0.1) is 0 Å². The van der Waals surface area contributed by atoms with E-state index in [1.807, 2.05) is 0 Å². The highest BCUT2D eigenvalue weighted by Crippen LogP contribution is 2.29. The number of hydrogen-bond acceptors (Lipinski definition) is 1. The lowest BCUT2D eigenvalue weighted by atomic mass is 10.3. The first kappa shape index (κ1) is 13.8. The monoisotopic (exact) mass is 322 g/mol. The summed E-state index contributed by atoms with van der Waals surface area (Å²) in [5.41, 5.74) is 0. The minimum absolute atomic E-state index is 0.251. The van der Waals surface area contributed by atoms with Crippen molar-refractivity contribution in [3.8, 4) is 0 Å². The summed E-state index contributed by atoms with van der Waals surface area (Å²) in [6.07, 6.45) is 1.78. The predicted octanol–water partition coefficient (Wildman–Crippen LogP) is 3.94. The van der Waals surface area contributed by atoms with E-state index in [9.17, 15) is 8.78 Å². The van der Waals surface area contributed by atoms with Crippen molar-refractivity contribution in [3.05, 3.63) is 0 Å². The van der Waals surface area contributed by atoms with E-state index in [0.29, 0.717) is 13.2 Å². The fraction of sp³-hybridized carbons (Fsp3) is 1.00. The summed E-state index contributed by atoms with van der Waals surface area (Å²) in [4.78, 5) is -3.09. The second-order valence-corrected chi connectivity index (χ2v) is 5.30. The van der Waals surface area contributed by atoms with Crippen molar-refractivity contribution in [2.45, 2.75) is 35.8 Å². The normalized spacial score (nSPS) is 14.5. The molecule has 0 aromatic heterocycles. The molecule has 80 valence electrons. The van der Waals surface area contributed by atoms with Crippen molar-refractivity contribution < 1.29 is 13.5 Å². The SMILES string of the molecule is CCCCOCC(Br)CC(F)(F)Br. The second-order valence-electron chi connectivity index (χ2n) is 2.85. The maximum absolute atomic E-state index is 12.4. The van der Waals surface area contributed by atoms with Gasteiger partial charge in [-0.1, -0.05) is 29.3 Å². The first-order chi connectivity index (χ1) is 5.95. The molecule has 0 saturated carbocycles. The van der Waals surface area contributed by atoms with Crippen LogP contribution in [0.25, 0.3) is 0 Å². The number of unbranched alkanes of at least 4 members (excludes halogenated alkanes) is 1. The van der Waals surface area contributed by atoms with E-state index in [1.165, 1.54) is 0 Å². The smallest absolute Gasteiger partial charge is 0.302 e. The largest absolute Gasteiger partial charge is 0.380 e. The molecule has 0 aromatic carbocycles. The van der Waals surface area contributed by atoms with Gasteiger partial charge in [-0.2, -0.15) is 8.78 Å². The Morgan fingerprint density at radius 1 is 1.46 bits per heavy atom. The minimum Gasteiger partial charge on any atom is -0.380 e. The van der Waals surface area contributed by atoms with E-state index >= 15 is 0 Å². The van der Waals surface area contributed by atoms with Crippen LogP contribution in [0.5, 0.6) is 0 Å². The molecular weight excluding hydrogens is 310 g/mol. The molecular formula is C8H14Br2F2O. The van der Waals surface area contributed by atoms with Crippen LogP contribution in [0.2, 0.25) is 0 Å². The molecule has 0 fully saturated rings. The third kappa shape index (κ3) is 10.7. The van der Waals surface area contributed by atoms with E-state index in [0.717, 1.165) is 12.8 Å². The van der Waals surface area contributed by atoms with E-state index in [1.54, 1.807) is 0 Å². The molecule has 0 bridgehead atoms. The molecule has 0 aliphatic heterocycles. The van der Waals surface area contributed by atoms with Crippen molar-refractivity contribution in [1.29, 1.82) is 0 Å². The van der Waals surface area contributed by atoms with Gasteiger partial charge in [-0.05, 0) is 22.4 Å². The summed E-state index contributed by atoms with van der Waals surface area (Å²) in [6, 6.07) is 0. The zero-order valence-electron chi connectivity index (χ0n) is 7.53. The molecule has 0 saturated heterocycles. The van der Waals surface area contributed by atoms with Crippen molar-refractivity contribution in [2.24, 2.45) is 0 Å². The van der Waals surface area contributed by atoms with E-state index in [4.69, 9.17) is 4.74 Å². The molecule has 5 heteroatoms. The molecule has 1 nitrogen and oxygen atoms in total. The molecule has 0 rings (SSSR count). The van der Waals surface area contributed by atoms with Gasteiger partial charge in [0.2, 0.25) is 0 Å². The van der Waals surface area contributed by atoms with Crippen LogP contribution in [0.4, 0.5) is 8.78 Å². The summed E-state index contributed by atoms with van der Waals surface area (Å²) in [6.45, 7) is 3.04. The van der Waals surface area contributed by atoms with Crippen LogP contribution in [-0.2, 0) is 4.74 Å². The lowest BCUT2D eigenvalue weighted by Gasteiger charge is -2.13. The Morgan fingerprint density at radius 3 is 2.54 bits per heavy atom. The van der Waals surface area contributed by atoms with Crippen molar-refractivity contribution in [1.82, 2.24) is 0 Å². The quantitative estimate of drug-likeness (QED) is 0.509. The number of rotatable bonds is 7. The standard InChI is InChI=1S/C8H14Br2F2O/c1-2-3-4-13-6-7(9)5-8(10,11)12/h7H,2-6H2,1H3. The fourth-order valence-electron chi connectivity index (χ4n) is 0.768. The molecule has 0 aliphatic rings. The first-order valence-corrected chi connectivity index (χ1v) is 5.95. The van der Waals surface area contributed by atoms with Gasteiger partial charge in [0.05, 0.1) is 6.61 Å². The highest BCUT2D eigenvalue weighted by atomic mass is 79.9. The van der Waals surface area contributed by atoms with Gasteiger partial charge in [0.25, 0.3) is 0 Å². The average Bonchev–Trinajstić information content (AvgIpc) is 1.94. The van der Waals surface area contributed by atoms with Gasteiger partial charge in [-0.25, -0.2) is 0 Å². The highest BCUT2D eigenvalue weighted by molar-refractivity contribution is 9.10. The third-order valence-electron chi connectivity index (χ3n) is 1.39. The average molecular weight is 324 g/mol. The van der Waals surface area contributed by atoms with Gasteiger partial charge in [0.1, 0.15) is 0 Å². The Morgan fingerprint density at radius 2 is 2.08 bits per heavy atom. The maximum atomic E-state index is 12.4. The Labute approximate surface area is 94.5 Å². The van der Waals surface area contributed by atoms with Gasteiger partial charge < -0.3 is 4.74 Å². The molecule has 0 radical (unpaired) electrons. The van der Waals surface area contributed by atoms with Crippen LogP contribution in [0.1, 0.15) is 26.2 Å². The van der Waals surface area contributed by atoms with Gasteiger partial charge >= 0.3 is 4.83 Å². The Hall–Kier alpha value is 0.780. The van der Waals surface area contributed by atoms with Crippen molar-refractivity contribution in [3.63, 3.8) is 0 Å². The van der Waals surface area contributed by atoms with Gasteiger partial charge in [0, 0.05) is 17.9 Å². The van der Waals surface area contributed by atoms with Crippen LogP contribution >= 0.6 is 31.9 Å². The molecule has 1 unspecified atom stereocenters. The molecule has 0 heterocycles. The van der Waals surface area contributed by atoms with E-state index in [-0.39, 0.29) is 11.2 Å². The third-order valence-corrected chi connectivity index (χ3v) is 2.31. The lowest BCUT2D eigenvalue weighted by molar-refractivity contribution is 0.0795. The summed E-state index contributed by atoms with van der Waals surface area (Å²) >= 11 is 5.41. The van der Waals surface area contributed by atoms with Crippen LogP contribution in [0.3, 0.4) is 0 Å². The summed E-state index contributed by atoms with van der Waals surface area (Å²) in [7, 11) is 0. The number of ether oxygens (including phenoxy) is 1. The number of halogens is 4. The second kappa shape index (κ2) is 7.12. The van der Waals surface area contributed by atoms with Crippen LogP contribution in [0.15, 0.2) is 0 Å². The van der Waals surface area contributed by atoms with Crippen molar-refractivity contribution >= 4 is 31.9 Å². The fourth-order valence-corrected chi connectivity index (χ4v) is 2.19. The van der Waals surface area contributed by atoms with Crippen LogP contribution < -0.4 is 0 Å². The predicted molar refractivity (Wildman–Crippen MR) is 56.9 cm³/mol. The Kier molecular flexibility index (Phi) is 7.55. The molecule has 0 aromatic rings. The topological polar surface area (TPSA) is 9.23 Å². The van der Waals surface area contributed by atoms with Crippen molar-refractivity contribution in [2.75, 3.05) is 13.2 Å². The summed E-state index contributed by atoms with van der Waals surface area (Å²) in [5.74, 6) is 0. The zero-order valence-corrected chi connectivity index (χ0v) is 10.7. The number of alkyl halides is 4. The Bertz CT molecular complexity index is 128. The lowest BCUT2D eigenvalue weighted by Crippen LogP contribution is -2.18. The maximum Gasteiger partial charge on any atom is 0.302 e. The highest BCUT2D eigenvalue weighted by Gasteiger charge is 2.27. The van der Waals surface area contributed by atoms with E-state index < -0.39 is 4.83 Å². The summed E-state index contributed by atoms with van der Waals surface area (Å²) < 4.78 is 29.9. The molecule has 13 heavy (non-hydrogen) atoms. The van der Waals surface area contributed by atoms with E-state index in [2.05, 4.69) is 38.8 Å². The molecule has 0 spiro atoms.